The molecule has 3 atom stereocenters. The number of rotatable bonds is 3. The lowest BCUT2D eigenvalue weighted by Crippen LogP contribution is -2.37. The highest BCUT2D eigenvalue weighted by molar-refractivity contribution is 6.26. The van der Waals surface area contributed by atoms with Gasteiger partial charge >= 0.3 is 0 Å². The third kappa shape index (κ3) is 3.50. The van der Waals surface area contributed by atoms with Gasteiger partial charge in [0.05, 0.1) is 17.4 Å². The second kappa shape index (κ2) is 8.32. The first kappa shape index (κ1) is 22.5. The fourth-order valence-electron chi connectivity index (χ4n) is 5.37. The van der Waals surface area contributed by atoms with Crippen molar-refractivity contribution in [1.29, 1.82) is 0 Å². The normalized spacial score (nSPS) is 21.9. The molecule has 2 heterocycles. The average Bonchev–Trinajstić information content (AvgIpc) is 3.39. The topological polar surface area (TPSA) is 49.9 Å². The lowest BCUT2D eigenvalue weighted by Gasteiger charge is -2.29. The van der Waals surface area contributed by atoms with Gasteiger partial charge in [-0.25, -0.2) is 9.96 Å². The van der Waals surface area contributed by atoms with Crippen LogP contribution in [0.4, 0.5) is 11.4 Å². The van der Waals surface area contributed by atoms with Crippen LogP contribution in [0.3, 0.4) is 0 Å². The minimum atomic E-state index is -0.885. The summed E-state index contributed by atoms with van der Waals surface area (Å²) >= 11 is 0. The standard InChI is InChI=1S/C31H28N2O3/c1-31(2,3)22-18-16-21(17-19-22)27-26-28(36-33(27)23-12-5-4-6-13-23)30(35)32(29(26)34)25-15-9-11-20-10-7-8-14-24(20)25/h4-19,26-28H,1-3H3/t26-,27-,28-/m0/s1. The lowest BCUT2D eigenvalue weighted by molar-refractivity contribution is -0.126. The summed E-state index contributed by atoms with van der Waals surface area (Å²) in [6.45, 7) is 6.52. The minimum absolute atomic E-state index is 0.0106. The Balaban J connectivity index is 1.45. The summed E-state index contributed by atoms with van der Waals surface area (Å²) in [5.74, 6) is -1.21. The molecule has 2 saturated heterocycles. The Morgan fingerprint density at radius 3 is 2.11 bits per heavy atom. The molecule has 2 fully saturated rings. The van der Waals surface area contributed by atoms with Gasteiger partial charge in [-0.15, -0.1) is 0 Å². The number of carbonyl (C=O) groups excluding carboxylic acids is 2. The number of carbonyl (C=O) groups is 2. The molecular formula is C31H28N2O3. The van der Waals surface area contributed by atoms with Crippen LogP contribution in [0, 0.1) is 5.92 Å². The maximum Gasteiger partial charge on any atom is 0.266 e. The second-order valence-corrected chi connectivity index (χ2v) is 10.5. The van der Waals surface area contributed by atoms with E-state index in [1.54, 1.807) is 5.06 Å². The molecule has 0 spiro atoms. The van der Waals surface area contributed by atoms with Crippen LogP contribution < -0.4 is 9.96 Å². The molecule has 0 aliphatic carbocycles. The van der Waals surface area contributed by atoms with E-state index in [9.17, 15) is 9.59 Å². The first-order chi connectivity index (χ1) is 17.3. The van der Waals surface area contributed by atoms with Crippen molar-refractivity contribution in [3.05, 3.63) is 108 Å². The molecule has 2 aliphatic heterocycles. The second-order valence-electron chi connectivity index (χ2n) is 10.5. The molecule has 4 aromatic carbocycles. The quantitative estimate of drug-likeness (QED) is 0.331. The number of hydroxylamine groups is 1. The van der Waals surface area contributed by atoms with Crippen molar-refractivity contribution in [3.63, 3.8) is 0 Å². The van der Waals surface area contributed by atoms with E-state index in [2.05, 4.69) is 45.0 Å². The van der Waals surface area contributed by atoms with E-state index in [0.717, 1.165) is 22.0 Å². The molecule has 0 aromatic heterocycles. The minimum Gasteiger partial charge on any atom is -0.273 e. The zero-order valence-electron chi connectivity index (χ0n) is 20.6. The number of benzene rings is 4. The summed E-state index contributed by atoms with van der Waals surface area (Å²) in [6, 6.07) is 31.1. The van der Waals surface area contributed by atoms with E-state index < -0.39 is 18.1 Å². The Labute approximate surface area is 210 Å². The summed E-state index contributed by atoms with van der Waals surface area (Å²) in [5, 5.41) is 3.60. The maximum atomic E-state index is 14.0. The number of imide groups is 1. The predicted octanol–water partition coefficient (Wildman–Crippen LogP) is 6.19. The van der Waals surface area contributed by atoms with Gasteiger partial charge in [0.15, 0.2) is 6.10 Å². The molecule has 180 valence electrons. The first-order valence-electron chi connectivity index (χ1n) is 12.3. The highest BCUT2D eigenvalue weighted by Crippen LogP contribution is 2.48. The Bertz CT molecular complexity index is 1450. The average molecular weight is 477 g/mol. The highest BCUT2D eigenvalue weighted by Gasteiger charge is 2.60. The van der Waals surface area contributed by atoms with Crippen LogP contribution >= 0.6 is 0 Å². The maximum absolute atomic E-state index is 14.0. The van der Waals surface area contributed by atoms with Crippen LogP contribution in [-0.4, -0.2) is 17.9 Å². The molecule has 4 aromatic rings. The van der Waals surface area contributed by atoms with Gasteiger partial charge < -0.3 is 0 Å². The van der Waals surface area contributed by atoms with Crippen LogP contribution in [0.15, 0.2) is 97.1 Å². The van der Waals surface area contributed by atoms with Crippen LogP contribution in [0.1, 0.15) is 37.9 Å². The van der Waals surface area contributed by atoms with E-state index in [1.165, 1.54) is 10.5 Å². The molecule has 5 nitrogen and oxygen atoms in total. The molecule has 6 rings (SSSR count). The van der Waals surface area contributed by atoms with Gasteiger partial charge in [-0.3, -0.25) is 14.4 Å². The number of hydrogen-bond donors (Lipinski definition) is 0. The van der Waals surface area contributed by atoms with Crippen molar-refractivity contribution in [2.24, 2.45) is 5.92 Å². The van der Waals surface area contributed by atoms with Crippen molar-refractivity contribution in [3.8, 4) is 0 Å². The number of hydrogen-bond acceptors (Lipinski definition) is 4. The van der Waals surface area contributed by atoms with Gasteiger partial charge in [-0.05, 0) is 40.1 Å². The third-order valence-corrected chi connectivity index (χ3v) is 7.25. The molecule has 36 heavy (non-hydrogen) atoms. The fraction of sp³-hybridized carbons (Fsp3) is 0.226. The summed E-state index contributed by atoms with van der Waals surface area (Å²) in [4.78, 5) is 35.4. The smallest absolute Gasteiger partial charge is 0.266 e. The molecule has 0 saturated carbocycles. The van der Waals surface area contributed by atoms with E-state index in [4.69, 9.17) is 4.84 Å². The van der Waals surface area contributed by atoms with Gasteiger partial charge in [0.2, 0.25) is 5.91 Å². The molecule has 2 amide bonds. The Morgan fingerprint density at radius 2 is 1.39 bits per heavy atom. The van der Waals surface area contributed by atoms with Crippen LogP contribution in [0.25, 0.3) is 10.8 Å². The highest BCUT2D eigenvalue weighted by atomic mass is 16.7. The largest absolute Gasteiger partial charge is 0.273 e. The Morgan fingerprint density at radius 1 is 0.722 bits per heavy atom. The van der Waals surface area contributed by atoms with Crippen LogP contribution in [0.2, 0.25) is 0 Å². The molecular weight excluding hydrogens is 448 g/mol. The van der Waals surface area contributed by atoms with Crippen molar-refractivity contribution in [1.82, 2.24) is 0 Å². The van der Waals surface area contributed by atoms with Gasteiger partial charge in [-0.2, -0.15) is 0 Å². The molecule has 2 aliphatic rings. The number of anilines is 2. The molecule has 0 bridgehead atoms. The van der Waals surface area contributed by atoms with Gasteiger partial charge in [0, 0.05) is 5.39 Å². The van der Waals surface area contributed by atoms with Crippen LogP contribution in [-0.2, 0) is 19.8 Å². The van der Waals surface area contributed by atoms with Crippen molar-refractivity contribution in [2.75, 3.05) is 9.96 Å². The van der Waals surface area contributed by atoms with Crippen LogP contribution in [0.5, 0.6) is 0 Å². The van der Waals surface area contributed by atoms with Gasteiger partial charge in [-0.1, -0.05) is 99.6 Å². The summed E-state index contributed by atoms with van der Waals surface area (Å²) in [6.07, 6.45) is -0.885. The van der Waals surface area contributed by atoms with E-state index in [0.29, 0.717) is 5.69 Å². The van der Waals surface area contributed by atoms with Gasteiger partial charge in [0.1, 0.15) is 5.92 Å². The van der Waals surface area contributed by atoms with E-state index in [1.807, 2.05) is 72.8 Å². The van der Waals surface area contributed by atoms with E-state index >= 15 is 0 Å². The Hall–Kier alpha value is -3.96. The summed E-state index contributed by atoms with van der Waals surface area (Å²) < 4.78 is 0. The van der Waals surface area contributed by atoms with Crippen molar-refractivity contribution < 1.29 is 14.4 Å². The third-order valence-electron chi connectivity index (χ3n) is 7.25. The summed E-state index contributed by atoms with van der Waals surface area (Å²) in [5.41, 5.74) is 3.58. The van der Waals surface area contributed by atoms with E-state index in [-0.39, 0.29) is 17.2 Å². The molecule has 5 heteroatoms. The van der Waals surface area contributed by atoms with Crippen molar-refractivity contribution >= 4 is 34.0 Å². The molecule has 0 unspecified atom stereocenters. The fourth-order valence-corrected chi connectivity index (χ4v) is 5.37. The zero-order chi connectivity index (χ0) is 25.0. The van der Waals surface area contributed by atoms with Gasteiger partial charge in [0.25, 0.3) is 5.91 Å². The molecule has 0 N–H and O–H groups in total. The number of amides is 2. The van der Waals surface area contributed by atoms with Crippen molar-refractivity contribution in [2.45, 2.75) is 38.3 Å². The Kier molecular flexibility index (Phi) is 5.20. The lowest BCUT2D eigenvalue weighted by atomic mass is 9.84. The number of nitrogens with zero attached hydrogens (tertiary/aromatic N) is 2. The number of para-hydroxylation sites is 1. The SMILES string of the molecule is CC(C)(C)c1ccc([C@H]2[C@@H]3C(=O)N(c4cccc5ccccc45)C(=O)[C@H]3ON2c2ccccc2)cc1. The number of fused-ring (bicyclic) bond motifs is 2. The predicted molar refractivity (Wildman–Crippen MR) is 142 cm³/mol. The monoisotopic (exact) mass is 476 g/mol. The first-order valence-corrected chi connectivity index (χ1v) is 12.3. The molecule has 0 radical (unpaired) electrons. The zero-order valence-corrected chi connectivity index (χ0v) is 20.6. The summed E-state index contributed by atoms with van der Waals surface area (Å²) in [7, 11) is 0.